The van der Waals surface area contributed by atoms with Crippen molar-refractivity contribution < 1.29 is 0 Å². The highest BCUT2D eigenvalue weighted by Crippen LogP contribution is 2.30. The van der Waals surface area contributed by atoms with Gasteiger partial charge in [-0.05, 0) is 24.6 Å². The number of benzene rings is 1. The van der Waals surface area contributed by atoms with Crippen molar-refractivity contribution in [1.82, 2.24) is 0 Å². The van der Waals surface area contributed by atoms with Crippen LogP contribution in [0.4, 0.5) is 5.69 Å². The summed E-state index contributed by atoms with van der Waals surface area (Å²) < 4.78 is 0. The molecular weight excluding hydrogens is 186 g/mol. The van der Waals surface area contributed by atoms with E-state index in [4.69, 9.17) is 0 Å². The van der Waals surface area contributed by atoms with Crippen LogP contribution in [0.3, 0.4) is 0 Å². The van der Waals surface area contributed by atoms with Crippen LogP contribution in [0, 0.1) is 0 Å². The van der Waals surface area contributed by atoms with Crippen molar-refractivity contribution in [2.75, 3.05) is 17.6 Å². The molecule has 2 rings (SSSR count). The van der Waals surface area contributed by atoms with Gasteiger partial charge in [-0.15, -0.1) is 0 Å². The lowest BCUT2D eigenvalue weighted by molar-refractivity contribution is 0.888. The summed E-state index contributed by atoms with van der Waals surface area (Å²) in [6.07, 6.45) is 1.32. The zero-order valence-corrected chi connectivity index (χ0v) is 10.4. The molecule has 0 unspecified atom stereocenters. The van der Waals surface area contributed by atoms with Crippen LogP contribution >= 0.6 is 0 Å². The van der Waals surface area contributed by atoms with Gasteiger partial charge in [-0.2, -0.15) is 0 Å². The van der Waals surface area contributed by atoms with Crippen molar-refractivity contribution in [2.24, 2.45) is 0 Å². The highest BCUT2D eigenvalue weighted by atomic mass is 28.3. The van der Waals surface area contributed by atoms with E-state index in [1.165, 1.54) is 17.9 Å². The number of para-hydroxylation sites is 1. The zero-order chi connectivity index (χ0) is 10.2. The lowest BCUT2D eigenvalue weighted by Crippen LogP contribution is -2.48. The Morgan fingerprint density at radius 2 is 2.00 bits per heavy atom. The molecule has 0 fully saturated rings. The van der Waals surface area contributed by atoms with Crippen molar-refractivity contribution >= 4 is 13.8 Å². The number of anilines is 1. The quantitative estimate of drug-likeness (QED) is 0.637. The van der Waals surface area contributed by atoms with Gasteiger partial charge < -0.3 is 4.90 Å². The van der Waals surface area contributed by atoms with E-state index in [1.807, 2.05) is 0 Å². The van der Waals surface area contributed by atoms with Gasteiger partial charge in [0.05, 0.1) is 8.07 Å². The zero-order valence-electron chi connectivity index (χ0n) is 9.38. The fourth-order valence-electron chi connectivity index (χ4n) is 2.42. The number of nitrogens with zero attached hydrogens (tertiary/aromatic N) is 1. The lowest BCUT2D eigenvalue weighted by atomic mass is 10.2. The molecule has 0 N–H and O–H groups in total. The van der Waals surface area contributed by atoms with Gasteiger partial charge in [0.1, 0.15) is 0 Å². The molecular formula is C12H19NSi. The molecule has 14 heavy (non-hydrogen) atoms. The standard InChI is InChI=1S/C12H19NSi/c1-4-13-10-14(2,3)9-11-7-5-6-8-12(11)13/h5-8H,4,9-10H2,1-3H3. The van der Waals surface area contributed by atoms with Crippen LogP contribution in [0.15, 0.2) is 24.3 Å². The highest BCUT2D eigenvalue weighted by molar-refractivity contribution is 6.78. The molecule has 1 heterocycles. The SMILES string of the molecule is CCN1C[Si](C)(C)Cc2ccccc21. The van der Waals surface area contributed by atoms with Crippen LogP contribution in [0.25, 0.3) is 0 Å². The average Bonchev–Trinajstić information content (AvgIpc) is 2.15. The van der Waals surface area contributed by atoms with Gasteiger partial charge in [0.15, 0.2) is 0 Å². The Bertz CT molecular complexity index is 333. The van der Waals surface area contributed by atoms with Crippen LogP contribution < -0.4 is 4.90 Å². The summed E-state index contributed by atoms with van der Waals surface area (Å²) in [5, 5.41) is 0. The van der Waals surface area contributed by atoms with E-state index in [-0.39, 0.29) is 0 Å². The van der Waals surface area contributed by atoms with E-state index in [2.05, 4.69) is 49.2 Å². The first-order valence-corrected chi connectivity index (χ1v) is 8.87. The topological polar surface area (TPSA) is 3.24 Å². The second-order valence-electron chi connectivity index (χ2n) is 4.98. The monoisotopic (exact) mass is 205 g/mol. The maximum absolute atomic E-state index is 2.55. The van der Waals surface area contributed by atoms with Gasteiger partial charge in [0.2, 0.25) is 0 Å². The Balaban J connectivity index is 2.41. The van der Waals surface area contributed by atoms with Crippen molar-refractivity contribution in [2.45, 2.75) is 26.1 Å². The molecule has 0 atom stereocenters. The predicted molar refractivity (Wildman–Crippen MR) is 65.5 cm³/mol. The molecule has 2 heteroatoms. The van der Waals surface area contributed by atoms with Crippen LogP contribution in [0.2, 0.25) is 13.1 Å². The molecule has 76 valence electrons. The van der Waals surface area contributed by atoms with Crippen LogP contribution in [-0.2, 0) is 6.04 Å². The minimum Gasteiger partial charge on any atom is -0.375 e. The summed E-state index contributed by atoms with van der Waals surface area (Å²) in [7, 11) is -1.000. The Kier molecular flexibility index (Phi) is 2.39. The fraction of sp³-hybridized carbons (Fsp3) is 0.500. The minimum absolute atomic E-state index is 1.000. The van der Waals surface area contributed by atoms with Crippen LogP contribution in [0.5, 0.6) is 0 Å². The average molecular weight is 205 g/mol. The largest absolute Gasteiger partial charge is 0.375 e. The van der Waals surface area contributed by atoms with Gasteiger partial charge in [-0.1, -0.05) is 31.3 Å². The Hall–Kier alpha value is -0.763. The van der Waals surface area contributed by atoms with Gasteiger partial charge in [0, 0.05) is 18.4 Å². The van der Waals surface area contributed by atoms with E-state index in [1.54, 1.807) is 5.56 Å². The van der Waals surface area contributed by atoms with Crippen molar-refractivity contribution in [1.29, 1.82) is 0 Å². The molecule has 0 bridgehead atoms. The predicted octanol–water partition coefficient (Wildman–Crippen LogP) is 2.86. The third-order valence-electron chi connectivity index (χ3n) is 3.00. The van der Waals surface area contributed by atoms with Gasteiger partial charge in [-0.3, -0.25) is 0 Å². The number of fused-ring (bicyclic) bond motifs is 1. The second kappa shape index (κ2) is 3.43. The molecule has 0 aromatic heterocycles. The van der Waals surface area contributed by atoms with Gasteiger partial charge in [-0.25, -0.2) is 0 Å². The molecule has 1 aliphatic rings. The van der Waals surface area contributed by atoms with Crippen molar-refractivity contribution in [3.8, 4) is 0 Å². The first-order chi connectivity index (χ1) is 6.62. The van der Waals surface area contributed by atoms with E-state index >= 15 is 0 Å². The molecule has 1 aromatic rings. The van der Waals surface area contributed by atoms with E-state index in [0.717, 1.165) is 6.54 Å². The molecule has 0 spiro atoms. The third-order valence-corrected chi connectivity index (χ3v) is 5.58. The molecule has 0 saturated heterocycles. The van der Waals surface area contributed by atoms with Crippen molar-refractivity contribution in [3.63, 3.8) is 0 Å². The van der Waals surface area contributed by atoms with Gasteiger partial charge in [0.25, 0.3) is 0 Å². The summed E-state index contributed by atoms with van der Waals surface area (Å²) in [4.78, 5) is 2.55. The summed E-state index contributed by atoms with van der Waals surface area (Å²) in [5.74, 6) is 0. The Labute approximate surface area is 87.8 Å². The maximum Gasteiger partial charge on any atom is 0.0739 e. The van der Waals surface area contributed by atoms with Crippen molar-refractivity contribution in [3.05, 3.63) is 29.8 Å². The normalized spacial score (nSPS) is 19.2. The molecule has 0 radical (unpaired) electrons. The molecule has 0 aliphatic carbocycles. The highest BCUT2D eigenvalue weighted by Gasteiger charge is 2.30. The third kappa shape index (κ3) is 1.71. The van der Waals surface area contributed by atoms with E-state index in [9.17, 15) is 0 Å². The van der Waals surface area contributed by atoms with Gasteiger partial charge >= 0.3 is 0 Å². The van der Waals surface area contributed by atoms with Crippen LogP contribution in [0.1, 0.15) is 12.5 Å². The lowest BCUT2D eigenvalue weighted by Gasteiger charge is -2.39. The summed E-state index contributed by atoms with van der Waals surface area (Å²) in [6, 6.07) is 10.2. The number of rotatable bonds is 1. The maximum atomic E-state index is 2.55. The molecule has 0 amide bonds. The molecule has 1 aromatic carbocycles. The summed E-state index contributed by atoms with van der Waals surface area (Å²) >= 11 is 0. The summed E-state index contributed by atoms with van der Waals surface area (Å²) in [6.45, 7) is 8.39. The number of hydrogen-bond donors (Lipinski definition) is 0. The number of hydrogen-bond acceptors (Lipinski definition) is 1. The first-order valence-electron chi connectivity index (χ1n) is 5.45. The Morgan fingerprint density at radius 3 is 2.71 bits per heavy atom. The first kappa shape index (κ1) is 9.78. The fourth-order valence-corrected chi connectivity index (χ4v) is 5.29. The van der Waals surface area contributed by atoms with E-state index < -0.39 is 8.07 Å². The summed E-state index contributed by atoms with van der Waals surface area (Å²) in [5.41, 5.74) is 3.04. The second-order valence-corrected chi connectivity index (χ2v) is 9.98. The molecule has 1 nitrogen and oxygen atoms in total. The minimum atomic E-state index is -1.000. The molecule has 0 saturated carbocycles. The van der Waals surface area contributed by atoms with Crippen LogP contribution in [-0.4, -0.2) is 20.8 Å². The molecule has 1 aliphatic heterocycles. The Morgan fingerprint density at radius 1 is 1.29 bits per heavy atom. The smallest absolute Gasteiger partial charge is 0.0739 e. The van der Waals surface area contributed by atoms with E-state index in [0.29, 0.717) is 0 Å².